The van der Waals surface area contributed by atoms with Gasteiger partial charge in [-0.1, -0.05) is 12.1 Å². The van der Waals surface area contributed by atoms with Crippen LogP contribution in [0.15, 0.2) is 48.8 Å². The van der Waals surface area contributed by atoms with Crippen molar-refractivity contribution >= 4 is 10.9 Å². The van der Waals surface area contributed by atoms with Gasteiger partial charge in [0.2, 0.25) is 0 Å². The summed E-state index contributed by atoms with van der Waals surface area (Å²) in [5, 5.41) is 14.9. The van der Waals surface area contributed by atoms with Gasteiger partial charge < -0.3 is 0 Å². The highest BCUT2D eigenvalue weighted by molar-refractivity contribution is 5.95. The van der Waals surface area contributed by atoms with Crippen LogP contribution in [-0.4, -0.2) is 25.4 Å². The lowest BCUT2D eigenvalue weighted by Crippen LogP contribution is -1.83. The van der Waals surface area contributed by atoms with Crippen molar-refractivity contribution in [2.45, 2.75) is 0 Å². The van der Waals surface area contributed by atoms with Crippen LogP contribution in [0.2, 0.25) is 0 Å². The van der Waals surface area contributed by atoms with E-state index in [0.717, 1.165) is 27.7 Å². The second-order valence-electron chi connectivity index (χ2n) is 4.77. The minimum atomic E-state index is 0.139. The molecule has 108 valence electrons. The molecule has 0 atom stereocenters. The van der Waals surface area contributed by atoms with Gasteiger partial charge in [0.1, 0.15) is 12.0 Å². The highest BCUT2D eigenvalue weighted by Crippen LogP contribution is 2.31. The molecule has 0 aliphatic carbocycles. The van der Waals surface area contributed by atoms with E-state index < -0.39 is 0 Å². The van der Waals surface area contributed by atoms with Crippen LogP contribution in [0, 0.1) is 0 Å². The van der Waals surface area contributed by atoms with E-state index >= 15 is 0 Å². The average molecular weight is 295 g/mol. The van der Waals surface area contributed by atoms with Crippen molar-refractivity contribution in [2.24, 2.45) is 0 Å². The normalized spacial score (nSPS) is 11.0. The molecule has 0 unspecified atom stereocenters. The number of aromatic nitrogens is 5. The Labute approximate surface area is 123 Å². The number of H-pyrrole nitrogens is 2. The van der Waals surface area contributed by atoms with Gasteiger partial charge in [-0.15, -0.1) is 0 Å². The second kappa shape index (κ2) is 4.96. The molecule has 4 aromatic rings. The molecule has 0 spiro atoms. The monoisotopic (exact) mass is 295 g/mol. The van der Waals surface area contributed by atoms with Crippen LogP contribution in [0.25, 0.3) is 33.5 Å². The molecule has 2 N–H and O–H groups in total. The molecule has 0 aliphatic rings. The number of hydrogen-bond donors (Lipinski definition) is 2. The highest BCUT2D eigenvalue weighted by atomic mass is 19.3. The van der Waals surface area contributed by atoms with E-state index in [2.05, 4.69) is 30.3 Å². The summed E-state index contributed by atoms with van der Waals surface area (Å²) in [6, 6.07) is 12.5. The maximum Gasteiger partial charge on any atom is 0.172 e. The first-order valence-corrected chi connectivity index (χ1v) is 6.58. The molecule has 0 saturated heterocycles. The quantitative estimate of drug-likeness (QED) is 0.608. The Morgan fingerprint density at radius 1 is 1.00 bits per heavy atom. The van der Waals surface area contributed by atoms with Crippen molar-refractivity contribution in [3.8, 4) is 28.4 Å². The van der Waals surface area contributed by atoms with E-state index in [1.807, 2.05) is 24.3 Å². The number of aromatic amines is 2. The molecule has 0 aliphatic heterocycles. The number of fused-ring (bicyclic) bond motifs is 1. The molecule has 0 fully saturated rings. The Bertz CT molecular complexity index is 932. The van der Waals surface area contributed by atoms with Gasteiger partial charge in [0.05, 0.1) is 5.52 Å². The smallest absolute Gasteiger partial charge is 0.172 e. The standard InChI is InChI=1S/C15H10FN5O/c16-22-11-3-1-2-9(6-11)14-12-7-10(15-17-8-18-21-15)4-5-13(12)19-20-14/h1-8H,(H,19,20)(H,17,18,21). The summed E-state index contributed by atoms with van der Waals surface area (Å²) in [7, 11) is 0. The lowest BCUT2D eigenvalue weighted by molar-refractivity contribution is -0.00614. The number of nitrogens with one attached hydrogen (secondary N) is 2. The molecule has 0 saturated carbocycles. The first-order chi connectivity index (χ1) is 10.8. The van der Waals surface area contributed by atoms with Crippen molar-refractivity contribution < 1.29 is 9.47 Å². The third-order valence-electron chi connectivity index (χ3n) is 3.45. The maximum absolute atomic E-state index is 12.4. The minimum Gasteiger partial charge on any atom is -0.294 e. The predicted octanol–water partition coefficient (Wildman–Crippen LogP) is 3.28. The van der Waals surface area contributed by atoms with E-state index in [9.17, 15) is 4.53 Å². The Morgan fingerprint density at radius 3 is 2.77 bits per heavy atom. The molecule has 7 heteroatoms. The highest BCUT2D eigenvalue weighted by Gasteiger charge is 2.11. The summed E-state index contributed by atoms with van der Waals surface area (Å²) in [4.78, 5) is 7.93. The van der Waals surface area contributed by atoms with E-state index in [1.165, 1.54) is 12.4 Å². The largest absolute Gasteiger partial charge is 0.294 e. The Hall–Kier alpha value is -3.22. The number of rotatable bonds is 3. The summed E-state index contributed by atoms with van der Waals surface area (Å²) < 4.78 is 12.4. The summed E-state index contributed by atoms with van der Waals surface area (Å²) in [6.07, 6.45) is 1.46. The zero-order chi connectivity index (χ0) is 14.9. The molecule has 0 amide bonds. The lowest BCUT2D eigenvalue weighted by atomic mass is 10.1. The van der Waals surface area contributed by atoms with E-state index in [1.54, 1.807) is 12.1 Å². The zero-order valence-electron chi connectivity index (χ0n) is 11.2. The van der Waals surface area contributed by atoms with Crippen molar-refractivity contribution in [3.05, 3.63) is 48.8 Å². The van der Waals surface area contributed by atoms with Gasteiger partial charge in [-0.2, -0.15) is 10.2 Å². The number of halogens is 1. The molecular weight excluding hydrogens is 285 g/mol. The fraction of sp³-hybridized carbons (Fsp3) is 0. The van der Waals surface area contributed by atoms with Gasteiger partial charge in [-0.05, 0) is 30.3 Å². The average Bonchev–Trinajstić information content (AvgIpc) is 3.23. The first-order valence-electron chi connectivity index (χ1n) is 6.58. The lowest BCUT2D eigenvalue weighted by Gasteiger charge is -2.01. The molecule has 4 rings (SSSR count). The SMILES string of the molecule is FOc1cccc(-c2n[nH]c3ccc(-c4ncn[nH]4)cc23)c1. The molecule has 2 heterocycles. The summed E-state index contributed by atoms with van der Waals surface area (Å²) >= 11 is 0. The fourth-order valence-corrected chi connectivity index (χ4v) is 2.42. The number of nitrogens with zero attached hydrogens (tertiary/aromatic N) is 3. The first kappa shape index (κ1) is 12.5. The van der Waals surface area contributed by atoms with E-state index in [-0.39, 0.29) is 5.75 Å². The van der Waals surface area contributed by atoms with Crippen molar-refractivity contribution in [1.29, 1.82) is 0 Å². The van der Waals surface area contributed by atoms with Crippen LogP contribution in [0.4, 0.5) is 4.53 Å². The zero-order valence-corrected chi connectivity index (χ0v) is 11.2. The molecule has 6 nitrogen and oxygen atoms in total. The predicted molar refractivity (Wildman–Crippen MR) is 78.6 cm³/mol. The molecule has 0 radical (unpaired) electrons. The third-order valence-corrected chi connectivity index (χ3v) is 3.45. The van der Waals surface area contributed by atoms with Gasteiger partial charge in [-0.25, -0.2) is 4.98 Å². The summed E-state index contributed by atoms with van der Waals surface area (Å²) in [5.41, 5.74) is 3.25. The number of benzene rings is 2. The summed E-state index contributed by atoms with van der Waals surface area (Å²) in [5.74, 6) is 0.815. The van der Waals surface area contributed by atoms with Crippen molar-refractivity contribution in [1.82, 2.24) is 25.4 Å². The molecule has 2 aromatic carbocycles. The molecule has 22 heavy (non-hydrogen) atoms. The van der Waals surface area contributed by atoms with Crippen LogP contribution >= 0.6 is 0 Å². The van der Waals surface area contributed by atoms with Gasteiger partial charge in [0.25, 0.3) is 0 Å². The van der Waals surface area contributed by atoms with Crippen molar-refractivity contribution in [3.63, 3.8) is 0 Å². The molecule has 0 bridgehead atoms. The minimum absolute atomic E-state index is 0.139. The Morgan fingerprint density at radius 2 is 1.95 bits per heavy atom. The van der Waals surface area contributed by atoms with Crippen LogP contribution in [0.3, 0.4) is 0 Å². The van der Waals surface area contributed by atoms with Crippen LogP contribution in [0.5, 0.6) is 5.75 Å². The maximum atomic E-state index is 12.4. The summed E-state index contributed by atoms with van der Waals surface area (Å²) in [6.45, 7) is 0. The van der Waals surface area contributed by atoms with Gasteiger partial charge in [0.15, 0.2) is 11.6 Å². The molecule has 2 aromatic heterocycles. The Balaban J connectivity index is 1.89. The third kappa shape index (κ3) is 1.99. The van der Waals surface area contributed by atoms with E-state index in [4.69, 9.17) is 0 Å². The number of hydrogen-bond acceptors (Lipinski definition) is 4. The van der Waals surface area contributed by atoms with E-state index in [0.29, 0.717) is 5.82 Å². The topological polar surface area (TPSA) is 79.5 Å². The second-order valence-corrected chi connectivity index (χ2v) is 4.77. The van der Waals surface area contributed by atoms with Gasteiger partial charge in [0, 0.05) is 21.0 Å². The van der Waals surface area contributed by atoms with Crippen LogP contribution in [0.1, 0.15) is 0 Å². The van der Waals surface area contributed by atoms with Crippen LogP contribution in [-0.2, 0) is 0 Å². The van der Waals surface area contributed by atoms with Crippen molar-refractivity contribution in [2.75, 3.05) is 0 Å². The van der Waals surface area contributed by atoms with Crippen LogP contribution < -0.4 is 4.94 Å². The van der Waals surface area contributed by atoms with Gasteiger partial charge >= 0.3 is 0 Å². The van der Waals surface area contributed by atoms with Gasteiger partial charge in [-0.3, -0.25) is 15.1 Å². The Kier molecular flexibility index (Phi) is 2.82. The molecular formula is C15H10FN5O. The fourth-order valence-electron chi connectivity index (χ4n) is 2.42.